The number of rotatable bonds is 7. The van der Waals surface area contributed by atoms with E-state index in [9.17, 15) is 9.59 Å². The molecule has 0 spiro atoms. The van der Waals surface area contributed by atoms with E-state index in [1.807, 2.05) is 55.5 Å². The van der Waals surface area contributed by atoms with Gasteiger partial charge in [0.05, 0.1) is 7.11 Å². The maximum Gasteiger partial charge on any atom is 0.407 e. The second-order valence-electron chi connectivity index (χ2n) is 6.48. The van der Waals surface area contributed by atoms with Crippen molar-refractivity contribution in [2.45, 2.75) is 29.4 Å². The monoisotopic (exact) mass is 422 g/mol. The number of nitrogens with zero attached hydrogens (tertiary/aromatic N) is 2. The zero-order valence-electron chi connectivity index (χ0n) is 16.7. The Hall–Kier alpha value is -3.39. The van der Waals surface area contributed by atoms with E-state index in [2.05, 4.69) is 25.3 Å². The molecule has 0 saturated carbocycles. The van der Waals surface area contributed by atoms with Gasteiger partial charge in [-0.15, -0.1) is 0 Å². The first kappa shape index (κ1) is 21.3. The summed E-state index contributed by atoms with van der Waals surface area (Å²) in [6.45, 7) is 1.91. The second kappa shape index (κ2) is 10.4. The number of methoxy groups -OCH3 is 1. The van der Waals surface area contributed by atoms with Gasteiger partial charge in [-0.25, -0.2) is 14.8 Å². The standard InChI is InChI=1S/C22H22N4O3S/c1-15-13-17(30-21-23-11-6-12-24-21)9-10-18(15)25-20(27)19(26-22(28)29-2)14-16-7-4-3-5-8-16/h3-13,19H,14H2,1-2H3,(H,25,27)(H,26,28). The Morgan fingerprint density at radius 1 is 1.07 bits per heavy atom. The number of benzene rings is 2. The van der Waals surface area contributed by atoms with Crippen LogP contribution in [0.5, 0.6) is 0 Å². The molecule has 0 radical (unpaired) electrons. The van der Waals surface area contributed by atoms with Crippen LogP contribution in [0.3, 0.4) is 0 Å². The number of amides is 2. The SMILES string of the molecule is COC(=O)NC(Cc1ccccc1)C(=O)Nc1ccc(Sc2ncccn2)cc1C. The predicted octanol–water partition coefficient (Wildman–Crippen LogP) is 3.84. The van der Waals surface area contributed by atoms with Crippen LogP contribution in [0.2, 0.25) is 0 Å². The quantitative estimate of drug-likeness (QED) is 0.562. The molecule has 2 aromatic carbocycles. The van der Waals surface area contributed by atoms with Crippen molar-refractivity contribution in [1.82, 2.24) is 15.3 Å². The number of nitrogens with one attached hydrogen (secondary N) is 2. The van der Waals surface area contributed by atoms with Gasteiger partial charge in [-0.2, -0.15) is 0 Å². The summed E-state index contributed by atoms with van der Waals surface area (Å²) >= 11 is 1.44. The number of alkyl carbamates (subject to hydrolysis) is 1. The summed E-state index contributed by atoms with van der Waals surface area (Å²) in [5.41, 5.74) is 2.49. The number of aromatic nitrogens is 2. The molecule has 1 heterocycles. The van der Waals surface area contributed by atoms with Crippen molar-refractivity contribution in [2.24, 2.45) is 0 Å². The number of anilines is 1. The molecule has 3 rings (SSSR count). The average Bonchev–Trinajstić information content (AvgIpc) is 2.76. The number of hydrogen-bond donors (Lipinski definition) is 2. The molecule has 0 saturated heterocycles. The summed E-state index contributed by atoms with van der Waals surface area (Å²) in [4.78, 5) is 34.0. The van der Waals surface area contributed by atoms with Crippen LogP contribution in [-0.2, 0) is 16.0 Å². The summed E-state index contributed by atoms with van der Waals surface area (Å²) in [5.74, 6) is -0.320. The highest BCUT2D eigenvalue weighted by atomic mass is 32.2. The molecule has 8 heteroatoms. The minimum atomic E-state index is -0.772. The number of carbonyl (C=O) groups excluding carboxylic acids is 2. The van der Waals surface area contributed by atoms with Crippen LogP contribution in [0.4, 0.5) is 10.5 Å². The lowest BCUT2D eigenvalue weighted by Crippen LogP contribution is -2.45. The third-order valence-corrected chi connectivity index (χ3v) is 5.17. The molecule has 2 N–H and O–H groups in total. The van der Waals surface area contributed by atoms with E-state index in [1.54, 1.807) is 18.5 Å². The molecule has 0 aliphatic carbocycles. The largest absolute Gasteiger partial charge is 0.453 e. The molecule has 1 unspecified atom stereocenters. The average molecular weight is 423 g/mol. The van der Waals surface area contributed by atoms with Gasteiger partial charge in [0, 0.05) is 29.4 Å². The van der Waals surface area contributed by atoms with Gasteiger partial charge >= 0.3 is 6.09 Å². The molecule has 0 aliphatic heterocycles. The van der Waals surface area contributed by atoms with Crippen molar-refractivity contribution in [2.75, 3.05) is 12.4 Å². The van der Waals surface area contributed by atoms with Gasteiger partial charge in [0.15, 0.2) is 5.16 Å². The number of carbonyl (C=O) groups is 2. The Balaban J connectivity index is 1.71. The smallest absolute Gasteiger partial charge is 0.407 e. The van der Waals surface area contributed by atoms with Gasteiger partial charge in [-0.3, -0.25) is 4.79 Å². The molecule has 3 aromatic rings. The molecule has 0 aliphatic rings. The van der Waals surface area contributed by atoms with Gasteiger partial charge in [-0.1, -0.05) is 30.3 Å². The Morgan fingerprint density at radius 3 is 2.47 bits per heavy atom. The molecule has 1 aromatic heterocycles. The third kappa shape index (κ3) is 6.05. The Labute approximate surface area is 179 Å². The zero-order valence-corrected chi connectivity index (χ0v) is 17.5. The van der Waals surface area contributed by atoms with E-state index in [-0.39, 0.29) is 5.91 Å². The fraction of sp³-hybridized carbons (Fsp3) is 0.182. The molecule has 0 bridgehead atoms. The molecule has 0 fully saturated rings. The first-order valence-electron chi connectivity index (χ1n) is 9.30. The minimum absolute atomic E-state index is 0.320. The van der Waals surface area contributed by atoms with Crippen molar-refractivity contribution in [3.05, 3.63) is 78.1 Å². The van der Waals surface area contributed by atoms with Crippen molar-refractivity contribution < 1.29 is 14.3 Å². The van der Waals surface area contributed by atoms with Crippen LogP contribution in [0.25, 0.3) is 0 Å². The lowest BCUT2D eigenvalue weighted by Gasteiger charge is -2.19. The van der Waals surface area contributed by atoms with Crippen LogP contribution in [0.15, 0.2) is 77.0 Å². The normalized spacial score (nSPS) is 11.4. The van der Waals surface area contributed by atoms with Crippen molar-refractivity contribution in [1.29, 1.82) is 0 Å². The van der Waals surface area contributed by atoms with E-state index < -0.39 is 12.1 Å². The third-order valence-electron chi connectivity index (χ3n) is 4.28. The van der Waals surface area contributed by atoms with E-state index >= 15 is 0 Å². The van der Waals surface area contributed by atoms with Crippen LogP contribution in [0.1, 0.15) is 11.1 Å². The lowest BCUT2D eigenvalue weighted by atomic mass is 10.0. The van der Waals surface area contributed by atoms with Crippen LogP contribution >= 0.6 is 11.8 Å². The highest BCUT2D eigenvalue weighted by Crippen LogP contribution is 2.28. The van der Waals surface area contributed by atoms with E-state index in [1.165, 1.54) is 18.9 Å². The fourth-order valence-electron chi connectivity index (χ4n) is 2.76. The molecule has 7 nitrogen and oxygen atoms in total. The molecular weight excluding hydrogens is 400 g/mol. The van der Waals surface area contributed by atoms with Crippen LogP contribution in [-0.4, -0.2) is 35.1 Å². The molecule has 30 heavy (non-hydrogen) atoms. The lowest BCUT2D eigenvalue weighted by molar-refractivity contribution is -0.118. The molecule has 1 atom stereocenters. The first-order valence-corrected chi connectivity index (χ1v) is 10.1. The van der Waals surface area contributed by atoms with Gasteiger partial charge in [0.2, 0.25) is 5.91 Å². The topological polar surface area (TPSA) is 93.2 Å². The summed E-state index contributed by atoms with van der Waals surface area (Å²) in [5, 5.41) is 6.16. The van der Waals surface area contributed by atoms with E-state index in [4.69, 9.17) is 0 Å². The highest BCUT2D eigenvalue weighted by molar-refractivity contribution is 7.99. The molecule has 2 amide bonds. The summed E-state index contributed by atoms with van der Waals surface area (Å²) in [6.07, 6.45) is 3.08. The van der Waals surface area contributed by atoms with Crippen molar-refractivity contribution >= 4 is 29.4 Å². The summed E-state index contributed by atoms with van der Waals surface area (Å²) in [6, 6.07) is 16.2. The van der Waals surface area contributed by atoms with E-state index in [0.717, 1.165) is 16.0 Å². The number of hydrogen-bond acceptors (Lipinski definition) is 6. The Bertz CT molecular complexity index is 1000. The highest BCUT2D eigenvalue weighted by Gasteiger charge is 2.22. The van der Waals surface area contributed by atoms with Crippen molar-refractivity contribution in [3.63, 3.8) is 0 Å². The Morgan fingerprint density at radius 2 is 1.80 bits per heavy atom. The maximum absolute atomic E-state index is 12.9. The fourth-order valence-corrected chi connectivity index (χ4v) is 3.57. The predicted molar refractivity (Wildman–Crippen MR) is 115 cm³/mol. The summed E-state index contributed by atoms with van der Waals surface area (Å²) in [7, 11) is 1.27. The van der Waals surface area contributed by atoms with Gasteiger partial charge < -0.3 is 15.4 Å². The van der Waals surface area contributed by atoms with Gasteiger partial charge in [-0.05, 0) is 54.1 Å². The van der Waals surface area contributed by atoms with Gasteiger partial charge in [0.25, 0.3) is 0 Å². The van der Waals surface area contributed by atoms with Gasteiger partial charge in [0.1, 0.15) is 6.04 Å². The van der Waals surface area contributed by atoms with Crippen LogP contribution in [0, 0.1) is 6.92 Å². The second-order valence-corrected chi connectivity index (χ2v) is 7.52. The first-order chi connectivity index (χ1) is 14.5. The zero-order chi connectivity index (χ0) is 21.3. The van der Waals surface area contributed by atoms with Crippen LogP contribution < -0.4 is 10.6 Å². The molecule has 154 valence electrons. The molecular formula is C22H22N4O3S. The Kier molecular flexibility index (Phi) is 7.40. The van der Waals surface area contributed by atoms with E-state index in [0.29, 0.717) is 17.3 Å². The minimum Gasteiger partial charge on any atom is -0.453 e. The number of aryl methyl sites for hydroxylation is 1. The van der Waals surface area contributed by atoms with Crippen molar-refractivity contribution in [3.8, 4) is 0 Å². The number of ether oxygens (including phenoxy) is 1. The summed E-state index contributed by atoms with van der Waals surface area (Å²) < 4.78 is 4.67. The maximum atomic E-state index is 12.9.